The van der Waals surface area contributed by atoms with E-state index in [1.165, 1.54) is 6.07 Å². The maximum Gasteiger partial charge on any atom is 0.151 e. The zero-order chi connectivity index (χ0) is 20.4. The first-order valence-electron chi connectivity index (χ1n) is 9.35. The van der Waals surface area contributed by atoms with Crippen molar-refractivity contribution in [1.82, 2.24) is 24.7 Å². The fourth-order valence-electron chi connectivity index (χ4n) is 3.07. The molecule has 0 saturated heterocycles. The Hall–Kier alpha value is -3.39. The number of pyridine rings is 3. The molecule has 0 aromatic carbocycles. The molecule has 0 atom stereocenters. The minimum absolute atomic E-state index is 0.108. The van der Waals surface area contributed by atoms with Crippen molar-refractivity contribution in [3.05, 3.63) is 59.9 Å². The monoisotopic (exact) mass is 392 g/mol. The van der Waals surface area contributed by atoms with E-state index in [4.69, 9.17) is 5.11 Å². The van der Waals surface area contributed by atoms with Crippen molar-refractivity contribution in [1.29, 1.82) is 0 Å². The van der Waals surface area contributed by atoms with Crippen LogP contribution in [0.25, 0.3) is 22.4 Å². The molecule has 0 aliphatic heterocycles. The minimum Gasteiger partial charge on any atom is -0.396 e. The molecule has 148 valence electrons. The van der Waals surface area contributed by atoms with E-state index < -0.39 is 5.82 Å². The summed E-state index contributed by atoms with van der Waals surface area (Å²) in [6.07, 6.45) is 5.88. The van der Waals surface area contributed by atoms with Gasteiger partial charge in [0, 0.05) is 36.9 Å². The number of hydrogen-bond donors (Lipinski definition) is 2. The standard InChI is InChI=1S/C21H21FN6O/c1-13-11-24-18(20-15(22)5-4-14(2)25-20)10-17(13)26-16-6-7-23-19-12-28(8-3-9-29)27-21(16)19/h4-7,10-12,29H,3,8-9H2,1-2H3,(H,24,26). The molecule has 0 spiro atoms. The van der Waals surface area contributed by atoms with Crippen LogP contribution in [-0.2, 0) is 6.54 Å². The van der Waals surface area contributed by atoms with Gasteiger partial charge in [-0.05, 0) is 50.1 Å². The molecule has 0 aliphatic carbocycles. The quantitative estimate of drug-likeness (QED) is 0.519. The van der Waals surface area contributed by atoms with Gasteiger partial charge in [-0.2, -0.15) is 5.10 Å². The van der Waals surface area contributed by atoms with Gasteiger partial charge in [-0.1, -0.05) is 0 Å². The van der Waals surface area contributed by atoms with Crippen LogP contribution in [0, 0.1) is 19.7 Å². The summed E-state index contributed by atoms with van der Waals surface area (Å²) in [5.41, 5.74) is 5.37. The summed E-state index contributed by atoms with van der Waals surface area (Å²) in [6, 6.07) is 6.66. The Bertz CT molecular complexity index is 1170. The molecule has 7 nitrogen and oxygen atoms in total. The van der Waals surface area contributed by atoms with E-state index in [1.54, 1.807) is 29.2 Å². The second-order valence-electron chi connectivity index (χ2n) is 6.85. The van der Waals surface area contributed by atoms with Crippen molar-refractivity contribution in [2.75, 3.05) is 11.9 Å². The van der Waals surface area contributed by atoms with E-state index in [9.17, 15) is 4.39 Å². The summed E-state index contributed by atoms with van der Waals surface area (Å²) in [5.74, 6) is -0.410. The Kier molecular flexibility index (Phi) is 5.18. The van der Waals surface area contributed by atoms with E-state index >= 15 is 0 Å². The predicted octanol–water partition coefficient (Wildman–Crippen LogP) is 3.77. The molecule has 4 aromatic rings. The van der Waals surface area contributed by atoms with E-state index in [1.807, 2.05) is 26.1 Å². The normalized spacial score (nSPS) is 11.2. The van der Waals surface area contributed by atoms with Crippen LogP contribution in [0.3, 0.4) is 0 Å². The van der Waals surface area contributed by atoms with Gasteiger partial charge >= 0.3 is 0 Å². The zero-order valence-electron chi connectivity index (χ0n) is 16.2. The molecule has 0 saturated carbocycles. The number of aromatic nitrogens is 5. The van der Waals surface area contributed by atoms with Crippen molar-refractivity contribution in [3.8, 4) is 11.4 Å². The van der Waals surface area contributed by atoms with Crippen LogP contribution in [0.1, 0.15) is 17.7 Å². The fourth-order valence-corrected chi connectivity index (χ4v) is 3.07. The lowest BCUT2D eigenvalue weighted by Crippen LogP contribution is -2.01. The molecular formula is C21H21FN6O. The summed E-state index contributed by atoms with van der Waals surface area (Å²) >= 11 is 0. The number of rotatable bonds is 6. The Morgan fingerprint density at radius 3 is 2.83 bits per heavy atom. The Morgan fingerprint density at radius 1 is 1.14 bits per heavy atom. The van der Waals surface area contributed by atoms with Crippen molar-refractivity contribution in [2.45, 2.75) is 26.8 Å². The Labute approximate surface area is 167 Å². The lowest BCUT2D eigenvalue weighted by Gasteiger charge is -2.12. The van der Waals surface area contributed by atoms with E-state index in [0.717, 1.165) is 33.7 Å². The second kappa shape index (κ2) is 7.92. The topological polar surface area (TPSA) is 88.8 Å². The largest absolute Gasteiger partial charge is 0.396 e. The molecule has 29 heavy (non-hydrogen) atoms. The fraction of sp³-hybridized carbons (Fsp3) is 0.238. The molecule has 4 heterocycles. The number of nitrogens with one attached hydrogen (secondary N) is 1. The van der Waals surface area contributed by atoms with Crippen LogP contribution in [-0.4, -0.2) is 36.4 Å². The van der Waals surface area contributed by atoms with Crippen LogP contribution in [0.4, 0.5) is 15.8 Å². The third-order valence-electron chi connectivity index (χ3n) is 4.60. The molecule has 0 unspecified atom stereocenters. The average molecular weight is 392 g/mol. The SMILES string of the molecule is Cc1ccc(F)c(-c2cc(Nc3ccnc4cn(CCCO)nc34)c(C)cn2)n1. The highest BCUT2D eigenvalue weighted by atomic mass is 19.1. The zero-order valence-corrected chi connectivity index (χ0v) is 16.2. The average Bonchev–Trinajstić information content (AvgIpc) is 3.14. The van der Waals surface area contributed by atoms with Crippen molar-refractivity contribution in [2.24, 2.45) is 0 Å². The number of halogens is 1. The number of aliphatic hydroxyl groups is 1. The predicted molar refractivity (Wildman–Crippen MR) is 109 cm³/mol. The maximum absolute atomic E-state index is 14.3. The van der Waals surface area contributed by atoms with Crippen molar-refractivity contribution >= 4 is 22.4 Å². The molecule has 0 bridgehead atoms. The summed E-state index contributed by atoms with van der Waals surface area (Å²) in [4.78, 5) is 13.0. The van der Waals surface area contributed by atoms with Gasteiger partial charge in [0.2, 0.25) is 0 Å². The lowest BCUT2D eigenvalue weighted by molar-refractivity contribution is 0.277. The highest BCUT2D eigenvalue weighted by Crippen LogP contribution is 2.29. The van der Waals surface area contributed by atoms with Gasteiger partial charge < -0.3 is 10.4 Å². The van der Waals surface area contributed by atoms with Gasteiger partial charge in [0.05, 0.1) is 17.6 Å². The first-order chi connectivity index (χ1) is 14.0. The maximum atomic E-state index is 14.3. The van der Waals surface area contributed by atoms with Gasteiger partial charge in [0.15, 0.2) is 5.82 Å². The van der Waals surface area contributed by atoms with E-state index in [0.29, 0.717) is 18.7 Å². The van der Waals surface area contributed by atoms with Crippen LogP contribution in [0.2, 0.25) is 0 Å². The van der Waals surface area contributed by atoms with Crippen LogP contribution >= 0.6 is 0 Å². The molecule has 0 amide bonds. The molecule has 0 fully saturated rings. The van der Waals surface area contributed by atoms with Gasteiger partial charge in [0.25, 0.3) is 0 Å². The smallest absolute Gasteiger partial charge is 0.151 e. The first-order valence-corrected chi connectivity index (χ1v) is 9.35. The van der Waals surface area contributed by atoms with Gasteiger partial charge in [-0.3, -0.25) is 14.6 Å². The molecule has 4 aromatic heterocycles. The summed E-state index contributed by atoms with van der Waals surface area (Å²) in [7, 11) is 0. The highest BCUT2D eigenvalue weighted by molar-refractivity contribution is 5.89. The molecule has 0 aliphatic rings. The van der Waals surface area contributed by atoms with E-state index in [-0.39, 0.29) is 12.3 Å². The van der Waals surface area contributed by atoms with Crippen LogP contribution in [0.15, 0.2) is 42.9 Å². The lowest BCUT2D eigenvalue weighted by atomic mass is 10.1. The summed E-state index contributed by atoms with van der Waals surface area (Å²) in [5, 5.41) is 17.0. The Balaban J connectivity index is 1.71. The van der Waals surface area contributed by atoms with E-state index in [2.05, 4.69) is 25.4 Å². The number of aryl methyl sites for hydroxylation is 3. The van der Waals surface area contributed by atoms with Crippen molar-refractivity contribution < 1.29 is 9.50 Å². The molecule has 4 rings (SSSR count). The first kappa shape index (κ1) is 18.9. The van der Waals surface area contributed by atoms with Gasteiger partial charge in [0.1, 0.15) is 16.7 Å². The number of fused-ring (bicyclic) bond motifs is 1. The number of hydrogen-bond acceptors (Lipinski definition) is 6. The minimum atomic E-state index is -0.410. The third-order valence-corrected chi connectivity index (χ3v) is 4.60. The molecule has 8 heteroatoms. The summed E-state index contributed by atoms with van der Waals surface area (Å²) in [6.45, 7) is 4.47. The van der Waals surface area contributed by atoms with Crippen LogP contribution < -0.4 is 5.32 Å². The van der Waals surface area contributed by atoms with Crippen molar-refractivity contribution in [3.63, 3.8) is 0 Å². The number of aliphatic hydroxyl groups excluding tert-OH is 1. The molecular weight excluding hydrogens is 371 g/mol. The number of nitrogens with zero attached hydrogens (tertiary/aromatic N) is 5. The molecule has 2 N–H and O–H groups in total. The highest BCUT2D eigenvalue weighted by Gasteiger charge is 2.13. The third kappa shape index (κ3) is 3.93. The van der Waals surface area contributed by atoms with Gasteiger partial charge in [-0.15, -0.1) is 0 Å². The number of anilines is 2. The van der Waals surface area contributed by atoms with Gasteiger partial charge in [-0.25, -0.2) is 9.37 Å². The Morgan fingerprint density at radius 2 is 2.00 bits per heavy atom. The van der Waals surface area contributed by atoms with Crippen LogP contribution in [0.5, 0.6) is 0 Å². The second-order valence-corrected chi connectivity index (χ2v) is 6.85. The summed E-state index contributed by atoms with van der Waals surface area (Å²) < 4.78 is 16.0. The molecule has 0 radical (unpaired) electrons.